The van der Waals surface area contributed by atoms with E-state index in [1.165, 1.54) is 14.1 Å². The van der Waals surface area contributed by atoms with E-state index in [9.17, 15) is 18.0 Å². The van der Waals surface area contributed by atoms with E-state index >= 15 is 0 Å². The van der Waals surface area contributed by atoms with Crippen molar-refractivity contribution in [1.29, 1.82) is 0 Å². The van der Waals surface area contributed by atoms with Gasteiger partial charge in [-0.1, -0.05) is 30.3 Å². The van der Waals surface area contributed by atoms with Gasteiger partial charge in [0.15, 0.2) is 0 Å². The summed E-state index contributed by atoms with van der Waals surface area (Å²) in [5.41, 5.74) is -0.155. The van der Waals surface area contributed by atoms with Gasteiger partial charge in [-0.2, -0.15) is 0 Å². The van der Waals surface area contributed by atoms with Crippen LogP contribution in [0.25, 0.3) is 0 Å². The van der Waals surface area contributed by atoms with Crippen LogP contribution in [0.1, 0.15) is 18.5 Å². The molecule has 3 rings (SSSR count). The lowest BCUT2D eigenvalue weighted by molar-refractivity contribution is 0.274. The number of aromatic nitrogens is 3. The molecule has 10 heteroatoms. The maximum atomic E-state index is 12.9. The number of aryl methyl sites for hydroxylation is 1. The molecule has 0 aliphatic rings. The van der Waals surface area contributed by atoms with Gasteiger partial charge in [0.05, 0.1) is 15.8 Å². The zero-order valence-corrected chi connectivity index (χ0v) is 19.5. The van der Waals surface area contributed by atoms with Crippen LogP contribution in [-0.2, 0) is 23.9 Å². The summed E-state index contributed by atoms with van der Waals surface area (Å²) in [6.45, 7) is 1.89. The fraction of sp³-hybridized carbons (Fsp3) is 0.318. The molecule has 0 fully saturated rings. The Kier molecular flexibility index (Phi) is 6.65. The van der Waals surface area contributed by atoms with Crippen LogP contribution in [0.3, 0.4) is 0 Å². The second-order valence-corrected chi connectivity index (χ2v) is 9.80. The number of nitrogens with one attached hydrogen (secondary N) is 1. The van der Waals surface area contributed by atoms with Gasteiger partial charge in [-0.3, -0.25) is 9.36 Å². The molecule has 3 aromatic rings. The number of hydrogen-bond donors (Lipinski definition) is 1. The van der Waals surface area contributed by atoms with Crippen LogP contribution < -0.4 is 16.6 Å². The van der Waals surface area contributed by atoms with Crippen LogP contribution >= 0.6 is 0 Å². The third-order valence-electron chi connectivity index (χ3n) is 5.30. The quantitative estimate of drug-likeness (QED) is 0.572. The highest BCUT2D eigenvalue weighted by atomic mass is 32.2. The van der Waals surface area contributed by atoms with Crippen molar-refractivity contribution in [2.75, 3.05) is 19.4 Å². The number of sulfone groups is 1. The Bertz CT molecular complexity index is 1310. The molecular weight excluding hydrogens is 430 g/mol. The van der Waals surface area contributed by atoms with Crippen LogP contribution in [0.15, 0.2) is 74.0 Å². The summed E-state index contributed by atoms with van der Waals surface area (Å²) < 4.78 is 27.8. The molecule has 1 N–H and O–H groups in total. The Labute approximate surface area is 186 Å². The third kappa shape index (κ3) is 4.51. The zero-order chi connectivity index (χ0) is 23.6. The van der Waals surface area contributed by atoms with E-state index < -0.39 is 21.1 Å². The molecule has 32 heavy (non-hydrogen) atoms. The van der Waals surface area contributed by atoms with Crippen molar-refractivity contribution in [2.45, 2.75) is 28.8 Å². The number of rotatable bonds is 7. The van der Waals surface area contributed by atoms with E-state index in [-0.39, 0.29) is 27.7 Å². The normalized spacial score (nSPS) is 13.7. The zero-order valence-electron chi connectivity index (χ0n) is 18.7. The molecule has 0 saturated carbocycles. The summed E-state index contributed by atoms with van der Waals surface area (Å²) in [7, 11) is 3.06. The Balaban J connectivity index is 1.91. The average molecular weight is 458 g/mol. The first-order valence-corrected chi connectivity index (χ1v) is 11.5. The van der Waals surface area contributed by atoms with Gasteiger partial charge in [0.25, 0.3) is 5.56 Å². The Morgan fingerprint density at radius 3 is 2.06 bits per heavy atom. The molecule has 0 aliphatic carbocycles. The summed E-state index contributed by atoms with van der Waals surface area (Å²) in [6.07, 6.45) is 0. The lowest BCUT2D eigenvalue weighted by atomic mass is 9.99. The third-order valence-corrected chi connectivity index (χ3v) is 7.09. The highest BCUT2D eigenvalue weighted by Crippen LogP contribution is 2.27. The van der Waals surface area contributed by atoms with E-state index in [2.05, 4.69) is 10.4 Å². The van der Waals surface area contributed by atoms with Crippen LogP contribution in [0.5, 0.6) is 0 Å². The fourth-order valence-corrected chi connectivity index (χ4v) is 4.98. The van der Waals surface area contributed by atoms with Crippen LogP contribution in [-0.4, -0.2) is 47.8 Å². The molecule has 0 spiro atoms. The summed E-state index contributed by atoms with van der Waals surface area (Å²) in [5, 5.41) is 7.16. The minimum absolute atomic E-state index is 0.0669. The van der Waals surface area contributed by atoms with E-state index in [0.29, 0.717) is 0 Å². The molecule has 0 saturated heterocycles. The predicted octanol–water partition coefficient (Wildman–Crippen LogP) is 1.42. The molecular formula is C22H27N5O4S. The number of nitrogens with zero attached hydrogens (tertiary/aromatic N) is 4. The molecule has 2 atom stereocenters. The number of hydrogen-bond acceptors (Lipinski definition) is 7. The Hall–Kier alpha value is -3.24. The van der Waals surface area contributed by atoms with Gasteiger partial charge in [-0.25, -0.2) is 17.9 Å². The van der Waals surface area contributed by atoms with Crippen molar-refractivity contribution in [3.8, 4) is 0 Å². The number of likely N-dealkylation sites (N-methyl/N-ethyl adjacent to an activating group) is 1. The summed E-state index contributed by atoms with van der Waals surface area (Å²) in [4.78, 5) is 26.7. The predicted molar refractivity (Wildman–Crippen MR) is 123 cm³/mol. The topological polar surface area (TPSA) is 106 Å². The van der Waals surface area contributed by atoms with Gasteiger partial charge < -0.3 is 10.2 Å². The van der Waals surface area contributed by atoms with Gasteiger partial charge in [-0.05, 0) is 50.8 Å². The standard InChI is InChI=1S/C22H27N5O4S/c1-15(23-20-21(28)26(4)22(29)27(5)24-20)19(25(2)3)16-11-13-18(14-12-16)32(30,31)17-9-7-6-8-10-17/h6-15,19H,1-5H3,(H,23,24)/t15-,19+/m1/s1. The lowest BCUT2D eigenvalue weighted by Crippen LogP contribution is -2.42. The monoisotopic (exact) mass is 457 g/mol. The second kappa shape index (κ2) is 9.09. The first-order valence-electron chi connectivity index (χ1n) is 10.0. The molecule has 170 valence electrons. The van der Waals surface area contributed by atoms with Crippen LogP contribution in [0, 0.1) is 0 Å². The van der Waals surface area contributed by atoms with Crippen molar-refractivity contribution in [3.63, 3.8) is 0 Å². The largest absolute Gasteiger partial charge is 0.360 e. The number of benzene rings is 2. The smallest absolute Gasteiger partial charge is 0.346 e. The molecule has 0 radical (unpaired) electrons. The van der Waals surface area contributed by atoms with E-state index in [1.54, 1.807) is 54.6 Å². The van der Waals surface area contributed by atoms with Crippen molar-refractivity contribution >= 4 is 15.7 Å². The SMILES string of the molecule is C[C@@H](Nc1nn(C)c(=O)n(C)c1=O)[C@@H](c1ccc(S(=O)(=O)c2ccccc2)cc1)N(C)C. The minimum Gasteiger partial charge on any atom is -0.360 e. The van der Waals surface area contributed by atoms with E-state index in [1.807, 2.05) is 25.9 Å². The van der Waals surface area contributed by atoms with E-state index in [4.69, 9.17) is 0 Å². The summed E-state index contributed by atoms with van der Waals surface area (Å²) >= 11 is 0. The first-order chi connectivity index (χ1) is 15.0. The average Bonchev–Trinajstić information content (AvgIpc) is 2.77. The minimum atomic E-state index is -3.61. The summed E-state index contributed by atoms with van der Waals surface area (Å²) in [5.74, 6) is 0.0669. The molecule has 0 bridgehead atoms. The first kappa shape index (κ1) is 23.4. The van der Waals surface area contributed by atoms with Gasteiger partial charge in [0, 0.05) is 20.1 Å². The van der Waals surface area contributed by atoms with E-state index in [0.717, 1.165) is 14.8 Å². The van der Waals surface area contributed by atoms with Crippen LogP contribution in [0.2, 0.25) is 0 Å². The highest BCUT2D eigenvalue weighted by Gasteiger charge is 2.25. The van der Waals surface area contributed by atoms with Gasteiger partial charge in [-0.15, -0.1) is 5.10 Å². The van der Waals surface area contributed by atoms with Crippen LogP contribution in [0.4, 0.5) is 5.82 Å². The van der Waals surface area contributed by atoms with Gasteiger partial charge >= 0.3 is 5.69 Å². The van der Waals surface area contributed by atoms with Crippen molar-refractivity contribution < 1.29 is 8.42 Å². The molecule has 0 amide bonds. The number of anilines is 1. The molecule has 9 nitrogen and oxygen atoms in total. The molecule has 2 aromatic carbocycles. The highest BCUT2D eigenvalue weighted by molar-refractivity contribution is 7.91. The maximum Gasteiger partial charge on any atom is 0.346 e. The van der Waals surface area contributed by atoms with Gasteiger partial charge in [0.1, 0.15) is 0 Å². The summed E-state index contributed by atoms with van der Waals surface area (Å²) in [6, 6.07) is 14.5. The molecule has 0 unspecified atom stereocenters. The van der Waals surface area contributed by atoms with Crippen molar-refractivity contribution in [1.82, 2.24) is 19.2 Å². The fourth-order valence-electron chi connectivity index (χ4n) is 3.70. The second-order valence-electron chi connectivity index (χ2n) is 7.85. The molecule has 0 aliphatic heterocycles. The maximum absolute atomic E-state index is 12.9. The van der Waals surface area contributed by atoms with Gasteiger partial charge in [0.2, 0.25) is 15.7 Å². The molecule has 1 heterocycles. The van der Waals surface area contributed by atoms with Crippen molar-refractivity contribution in [2.24, 2.45) is 14.1 Å². The Morgan fingerprint density at radius 2 is 1.50 bits per heavy atom. The lowest BCUT2D eigenvalue weighted by Gasteiger charge is -2.31. The molecule has 1 aromatic heterocycles. The van der Waals surface area contributed by atoms with Crippen molar-refractivity contribution in [3.05, 3.63) is 81.0 Å². The Morgan fingerprint density at radius 1 is 0.938 bits per heavy atom.